The van der Waals surface area contributed by atoms with Crippen LogP contribution in [-0.2, 0) is 13.0 Å². The van der Waals surface area contributed by atoms with E-state index in [1.54, 1.807) is 12.1 Å². The van der Waals surface area contributed by atoms with E-state index in [9.17, 15) is 4.39 Å². The van der Waals surface area contributed by atoms with E-state index in [1.807, 2.05) is 25.1 Å². The van der Waals surface area contributed by atoms with Crippen molar-refractivity contribution in [2.45, 2.75) is 26.0 Å². The predicted octanol–water partition coefficient (Wildman–Crippen LogP) is 3.95. The van der Waals surface area contributed by atoms with E-state index >= 15 is 0 Å². The summed E-state index contributed by atoms with van der Waals surface area (Å²) in [5.41, 5.74) is 7.57. The van der Waals surface area contributed by atoms with Gasteiger partial charge < -0.3 is 10.5 Å². The lowest BCUT2D eigenvalue weighted by Gasteiger charge is -2.13. The molecule has 0 amide bonds. The summed E-state index contributed by atoms with van der Waals surface area (Å²) in [6.07, 6.45) is 0.680. The number of benzene rings is 2. The minimum Gasteiger partial charge on any atom is -0.489 e. The highest BCUT2D eigenvalue weighted by Crippen LogP contribution is 2.25. The number of hydrogen-bond donors (Lipinski definition) is 1. The van der Waals surface area contributed by atoms with E-state index in [-0.39, 0.29) is 11.9 Å². The molecule has 0 bridgehead atoms. The molecule has 1 unspecified atom stereocenters. The number of hydrogen-bond acceptors (Lipinski definition) is 2. The summed E-state index contributed by atoms with van der Waals surface area (Å²) in [6, 6.07) is 11.8. The van der Waals surface area contributed by atoms with Gasteiger partial charge in [0.2, 0.25) is 0 Å². The van der Waals surface area contributed by atoms with Crippen LogP contribution in [0.4, 0.5) is 4.39 Å². The van der Waals surface area contributed by atoms with Gasteiger partial charge in [-0.1, -0.05) is 23.7 Å². The molecule has 20 heavy (non-hydrogen) atoms. The maximum Gasteiger partial charge on any atom is 0.123 e. The monoisotopic (exact) mass is 293 g/mol. The minimum absolute atomic E-state index is 0.0185. The Labute approximate surface area is 123 Å². The molecule has 1 atom stereocenters. The Bertz CT molecular complexity index is 586. The zero-order valence-electron chi connectivity index (χ0n) is 11.3. The first-order valence-electron chi connectivity index (χ1n) is 6.46. The Kier molecular flexibility index (Phi) is 4.99. The third kappa shape index (κ3) is 4.22. The lowest BCUT2D eigenvalue weighted by Crippen LogP contribution is -2.18. The number of ether oxygens (including phenoxy) is 1. The molecule has 0 heterocycles. The SMILES string of the molecule is CC(N)Cc1cc(Cl)ccc1OCc1cccc(F)c1. The molecule has 0 spiro atoms. The van der Waals surface area contributed by atoms with E-state index < -0.39 is 0 Å². The highest BCUT2D eigenvalue weighted by atomic mass is 35.5. The van der Waals surface area contributed by atoms with Gasteiger partial charge in [-0.2, -0.15) is 0 Å². The summed E-state index contributed by atoms with van der Waals surface area (Å²) < 4.78 is 18.9. The number of halogens is 2. The van der Waals surface area contributed by atoms with Crippen LogP contribution in [0.2, 0.25) is 5.02 Å². The van der Waals surface area contributed by atoms with Gasteiger partial charge in [-0.05, 0) is 54.8 Å². The van der Waals surface area contributed by atoms with Crippen molar-refractivity contribution in [1.82, 2.24) is 0 Å². The first kappa shape index (κ1) is 14.8. The van der Waals surface area contributed by atoms with E-state index in [0.717, 1.165) is 16.9 Å². The number of nitrogens with two attached hydrogens (primary N) is 1. The second kappa shape index (κ2) is 6.73. The van der Waals surface area contributed by atoms with Crippen molar-refractivity contribution < 1.29 is 9.13 Å². The molecule has 0 aliphatic heterocycles. The van der Waals surface area contributed by atoms with Crippen molar-refractivity contribution in [3.8, 4) is 5.75 Å². The van der Waals surface area contributed by atoms with Crippen molar-refractivity contribution in [1.29, 1.82) is 0 Å². The molecule has 0 saturated carbocycles. The van der Waals surface area contributed by atoms with Crippen LogP contribution in [-0.4, -0.2) is 6.04 Å². The highest BCUT2D eigenvalue weighted by molar-refractivity contribution is 6.30. The maximum atomic E-state index is 13.1. The number of rotatable bonds is 5. The predicted molar refractivity (Wildman–Crippen MR) is 79.5 cm³/mol. The zero-order chi connectivity index (χ0) is 14.5. The van der Waals surface area contributed by atoms with Crippen LogP contribution >= 0.6 is 11.6 Å². The van der Waals surface area contributed by atoms with Gasteiger partial charge in [-0.25, -0.2) is 4.39 Å². The molecular weight excluding hydrogens is 277 g/mol. The van der Waals surface area contributed by atoms with Crippen LogP contribution in [0.3, 0.4) is 0 Å². The second-order valence-corrected chi connectivity index (χ2v) is 5.29. The normalized spacial score (nSPS) is 12.2. The van der Waals surface area contributed by atoms with Gasteiger partial charge in [0.15, 0.2) is 0 Å². The summed E-state index contributed by atoms with van der Waals surface area (Å²) in [7, 11) is 0. The van der Waals surface area contributed by atoms with Gasteiger partial charge in [0.25, 0.3) is 0 Å². The molecule has 2 nitrogen and oxygen atoms in total. The van der Waals surface area contributed by atoms with Crippen LogP contribution < -0.4 is 10.5 Å². The van der Waals surface area contributed by atoms with Gasteiger partial charge in [-0.15, -0.1) is 0 Å². The van der Waals surface area contributed by atoms with Gasteiger partial charge in [0.1, 0.15) is 18.2 Å². The van der Waals surface area contributed by atoms with Crippen LogP contribution in [0.15, 0.2) is 42.5 Å². The quantitative estimate of drug-likeness (QED) is 0.906. The standard InChI is InChI=1S/C16H17ClFNO/c1-11(19)7-13-9-14(17)5-6-16(13)20-10-12-3-2-4-15(18)8-12/h2-6,8-9,11H,7,10,19H2,1H3. The molecule has 2 rings (SSSR count). The Morgan fingerprint density at radius 2 is 2.05 bits per heavy atom. The van der Waals surface area contributed by atoms with E-state index in [0.29, 0.717) is 18.1 Å². The topological polar surface area (TPSA) is 35.2 Å². The lowest BCUT2D eigenvalue weighted by molar-refractivity contribution is 0.302. The molecule has 0 aromatic heterocycles. The van der Waals surface area contributed by atoms with E-state index in [4.69, 9.17) is 22.1 Å². The minimum atomic E-state index is -0.266. The second-order valence-electron chi connectivity index (χ2n) is 4.85. The molecule has 0 radical (unpaired) electrons. The molecule has 0 saturated heterocycles. The highest BCUT2D eigenvalue weighted by Gasteiger charge is 2.08. The molecular formula is C16H17ClFNO. The third-order valence-corrected chi connectivity index (χ3v) is 3.08. The maximum absolute atomic E-state index is 13.1. The van der Waals surface area contributed by atoms with E-state index in [1.165, 1.54) is 12.1 Å². The average molecular weight is 294 g/mol. The molecule has 4 heteroatoms. The van der Waals surface area contributed by atoms with Crippen LogP contribution in [0, 0.1) is 5.82 Å². The average Bonchev–Trinajstić information content (AvgIpc) is 2.37. The summed E-state index contributed by atoms with van der Waals surface area (Å²) >= 11 is 5.99. The van der Waals surface area contributed by atoms with E-state index in [2.05, 4.69) is 0 Å². The lowest BCUT2D eigenvalue weighted by atomic mass is 10.1. The van der Waals surface area contributed by atoms with Gasteiger partial charge >= 0.3 is 0 Å². The first-order chi connectivity index (χ1) is 9.54. The Hall–Kier alpha value is -1.58. The molecule has 2 aromatic rings. The fourth-order valence-electron chi connectivity index (χ4n) is 1.98. The fourth-order valence-corrected chi connectivity index (χ4v) is 2.18. The Morgan fingerprint density at radius 1 is 1.25 bits per heavy atom. The van der Waals surface area contributed by atoms with Crippen LogP contribution in [0.1, 0.15) is 18.1 Å². The molecule has 0 fully saturated rings. The third-order valence-electron chi connectivity index (χ3n) is 2.85. The van der Waals surface area contributed by atoms with Crippen LogP contribution in [0.25, 0.3) is 0 Å². The molecule has 0 aliphatic carbocycles. The first-order valence-corrected chi connectivity index (χ1v) is 6.83. The molecule has 106 valence electrons. The molecule has 0 aliphatic rings. The zero-order valence-corrected chi connectivity index (χ0v) is 12.0. The largest absolute Gasteiger partial charge is 0.489 e. The van der Waals surface area contributed by atoms with Crippen molar-refractivity contribution in [2.75, 3.05) is 0 Å². The smallest absolute Gasteiger partial charge is 0.123 e. The van der Waals surface area contributed by atoms with Crippen molar-refractivity contribution in [3.05, 3.63) is 64.4 Å². The summed E-state index contributed by atoms with van der Waals surface area (Å²) in [4.78, 5) is 0. The Balaban J connectivity index is 2.12. The van der Waals surface area contributed by atoms with Crippen molar-refractivity contribution >= 4 is 11.6 Å². The van der Waals surface area contributed by atoms with Crippen molar-refractivity contribution in [2.24, 2.45) is 5.73 Å². The molecule has 2 aromatic carbocycles. The van der Waals surface area contributed by atoms with Gasteiger partial charge in [0.05, 0.1) is 0 Å². The van der Waals surface area contributed by atoms with Gasteiger partial charge in [0, 0.05) is 11.1 Å². The van der Waals surface area contributed by atoms with Gasteiger partial charge in [-0.3, -0.25) is 0 Å². The van der Waals surface area contributed by atoms with Crippen LogP contribution in [0.5, 0.6) is 5.75 Å². The fraction of sp³-hybridized carbons (Fsp3) is 0.250. The molecule has 2 N–H and O–H groups in total. The summed E-state index contributed by atoms with van der Waals surface area (Å²) in [5, 5.41) is 0.652. The summed E-state index contributed by atoms with van der Waals surface area (Å²) in [6.45, 7) is 2.24. The summed E-state index contributed by atoms with van der Waals surface area (Å²) in [5.74, 6) is 0.467. The van der Waals surface area contributed by atoms with Crippen molar-refractivity contribution in [3.63, 3.8) is 0 Å². The Morgan fingerprint density at radius 3 is 2.75 bits per heavy atom.